The van der Waals surface area contributed by atoms with E-state index in [1.165, 1.54) is 12.1 Å². The van der Waals surface area contributed by atoms with Crippen LogP contribution in [-0.2, 0) is 5.60 Å². The molecule has 0 fully saturated rings. The van der Waals surface area contributed by atoms with Crippen LogP contribution < -0.4 is 4.74 Å². The number of hydrogen-bond donors (Lipinski definition) is 1. The summed E-state index contributed by atoms with van der Waals surface area (Å²) in [5, 5.41) is 10.6. The largest absolute Gasteiger partial charge is 0.490 e. The third-order valence-corrected chi connectivity index (χ3v) is 3.97. The van der Waals surface area contributed by atoms with Gasteiger partial charge in [-0.05, 0) is 24.6 Å². The molecule has 2 unspecified atom stereocenters. The van der Waals surface area contributed by atoms with Gasteiger partial charge in [-0.1, -0.05) is 36.4 Å². The fourth-order valence-corrected chi connectivity index (χ4v) is 2.74. The number of aliphatic hydroxyl groups is 1. The van der Waals surface area contributed by atoms with Gasteiger partial charge in [0.2, 0.25) is 0 Å². The number of fused-ring (bicyclic) bond motifs is 1. The number of rotatable bonds is 3. The summed E-state index contributed by atoms with van der Waals surface area (Å²) in [6.07, 6.45) is 0. The molecule has 1 aliphatic rings. The predicted octanol–water partition coefficient (Wildman–Crippen LogP) is 2.92. The smallest absolute Gasteiger partial charge is 0.172 e. The van der Waals surface area contributed by atoms with E-state index in [1.54, 1.807) is 43.3 Å². The normalized spacial score (nSPS) is 24.0. The standard InChI is InChI=1S/C17H15FO3/c1-17(20)12-7-3-2-6-11(12)16(19)13(17)10-21-15-9-5-4-8-14(15)18/h2-9,13,20H,10H2,1H3. The third kappa shape index (κ3) is 2.21. The van der Waals surface area contributed by atoms with Gasteiger partial charge in [0.05, 0.1) is 5.92 Å². The molecule has 0 spiro atoms. The summed E-state index contributed by atoms with van der Waals surface area (Å²) in [6.45, 7) is 1.52. The van der Waals surface area contributed by atoms with Crippen LogP contribution in [0.2, 0.25) is 0 Å². The van der Waals surface area contributed by atoms with Gasteiger partial charge < -0.3 is 9.84 Å². The number of halogens is 1. The molecule has 0 saturated carbocycles. The maximum absolute atomic E-state index is 13.5. The molecule has 0 aliphatic heterocycles. The monoisotopic (exact) mass is 286 g/mol. The Labute approximate surface area is 122 Å². The first-order chi connectivity index (χ1) is 10.0. The summed E-state index contributed by atoms with van der Waals surface area (Å²) in [4.78, 5) is 12.4. The van der Waals surface area contributed by atoms with Gasteiger partial charge in [-0.25, -0.2) is 4.39 Å². The lowest BCUT2D eigenvalue weighted by molar-refractivity contribution is -0.00539. The Morgan fingerprint density at radius 3 is 2.57 bits per heavy atom. The molecular weight excluding hydrogens is 271 g/mol. The molecule has 3 rings (SSSR count). The van der Waals surface area contributed by atoms with Gasteiger partial charge in [0.25, 0.3) is 0 Å². The summed E-state index contributed by atoms with van der Waals surface area (Å²) in [5.74, 6) is -1.32. The minimum Gasteiger partial charge on any atom is -0.490 e. The molecule has 0 amide bonds. The molecule has 21 heavy (non-hydrogen) atoms. The number of ketones is 1. The molecule has 0 bridgehead atoms. The molecule has 4 heteroatoms. The van der Waals surface area contributed by atoms with Crippen molar-refractivity contribution >= 4 is 5.78 Å². The van der Waals surface area contributed by atoms with Crippen molar-refractivity contribution < 1.29 is 19.0 Å². The van der Waals surface area contributed by atoms with Crippen molar-refractivity contribution in [2.24, 2.45) is 5.92 Å². The molecule has 0 heterocycles. The minimum absolute atomic E-state index is 0.0680. The fourth-order valence-electron chi connectivity index (χ4n) is 2.74. The average molecular weight is 286 g/mol. The van der Waals surface area contributed by atoms with E-state index in [0.717, 1.165) is 0 Å². The zero-order valence-corrected chi connectivity index (χ0v) is 11.5. The van der Waals surface area contributed by atoms with E-state index >= 15 is 0 Å². The highest BCUT2D eigenvalue weighted by Gasteiger charge is 2.48. The number of benzene rings is 2. The molecule has 0 aromatic heterocycles. The number of Topliss-reactive ketones (excluding diaryl/α,β-unsaturated/α-hetero) is 1. The van der Waals surface area contributed by atoms with Gasteiger partial charge >= 0.3 is 0 Å². The first-order valence-corrected chi connectivity index (χ1v) is 6.75. The zero-order valence-electron chi connectivity index (χ0n) is 11.5. The minimum atomic E-state index is -1.31. The summed E-state index contributed by atoms with van der Waals surface area (Å²) in [7, 11) is 0. The number of para-hydroxylation sites is 1. The highest BCUT2D eigenvalue weighted by Crippen LogP contribution is 2.41. The molecule has 0 radical (unpaired) electrons. The lowest BCUT2D eigenvalue weighted by Crippen LogP contribution is -2.34. The zero-order chi connectivity index (χ0) is 15.0. The van der Waals surface area contributed by atoms with Crippen LogP contribution >= 0.6 is 0 Å². The molecule has 1 aliphatic carbocycles. The molecule has 2 aromatic rings. The third-order valence-electron chi connectivity index (χ3n) is 3.97. The van der Waals surface area contributed by atoms with Crippen molar-refractivity contribution in [1.29, 1.82) is 0 Å². The van der Waals surface area contributed by atoms with Gasteiger partial charge in [-0.15, -0.1) is 0 Å². The number of ether oxygens (including phenoxy) is 1. The molecule has 108 valence electrons. The van der Waals surface area contributed by atoms with E-state index in [1.807, 2.05) is 0 Å². The van der Waals surface area contributed by atoms with Crippen molar-refractivity contribution in [2.45, 2.75) is 12.5 Å². The molecule has 0 saturated heterocycles. The van der Waals surface area contributed by atoms with Crippen molar-refractivity contribution in [3.8, 4) is 5.75 Å². The molecule has 2 aromatic carbocycles. The Morgan fingerprint density at radius 1 is 1.19 bits per heavy atom. The predicted molar refractivity (Wildman–Crippen MR) is 75.7 cm³/mol. The topological polar surface area (TPSA) is 46.5 Å². The Bertz CT molecular complexity index is 694. The summed E-state index contributed by atoms with van der Waals surface area (Å²) >= 11 is 0. The maximum atomic E-state index is 13.5. The Balaban J connectivity index is 1.84. The first kappa shape index (κ1) is 13.8. The number of carbonyl (C=O) groups is 1. The maximum Gasteiger partial charge on any atom is 0.172 e. The number of hydrogen-bond acceptors (Lipinski definition) is 3. The summed E-state index contributed by atoms with van der Waals surface area (Å²) in [6, 6.07) is 13.0. The summed E-state index contributed by atoms with van der Waals surface area (Å²) < 4.78 is 18.9. The fraction of sp³-hybridized carbons (Fsp3) is 0.235. The van der Waals surface area contributed by atoms with Crippen LogP contribution in [0.3, 0.4) is 0 Å². The van der Waals surface area contributed by atoms with Gasteiger partial charge in [0.1, 0.15) is 12.2 Å². The average Bonchev–Trinajstić information content (AvgIpc) is 2.67. The number of carbonyl (C=O) groups excluding carboxylic acids is 1. The van der Waals surface area contributed by atoms with Crippen LogP contribution in [0.5, 0.6) is 5.75 Å². The van der Waals surface area contributed by atoms with Crippen molar-refractivity contribution in [2.75, 3.05) is 6.61 Å². The molecule has 1 N–H and O–H groups in total. The van der Waals surface area contributed by atoms with Gasteiger partial charge in [0.15, 0.2) is 17.3 Å². The van der Waals surface area contributed by atoms with Crippen molar-refractivity contribution in [3.05, 3.63) is 65.5 Å². The van der Waals surface area contributed by atoms with Gasteiger partial charge in [0, 0.05) is 5.56 Å². The van der Waals surface area contributed by atoms with Crippen molar-refractivity contribution in [3.63, 3.8) is 0 Å². The van der Waals surface area contributed by atoms with Crippen LogP contribution in [0.25, 0.3) is 0 Å². The summed E-state index contributed by atoms with van der Waals surface area (Å²) in [5.41, 5.74) is -0.208. The second-order valence-corrected chi connectivity index (χ2v) is 5.35. The van der Waals surface area contributed by atoms with E-state index in [-0.39, 0.29) is 18.1 Å². The Hall–Kier alpha value is -2.20. The van der Waals surface area contributed by atoms with E-state index in [2.05, 4.69) is 0 Å². The van der Waals surface area contributed by atoms with E-state index < -0.39 is 17.3 Å². The van der Waals surface area contributed by atoms with E-state index in [0.29, 0.717) is 11.1 Å². The van der Waals surface area contributed by atoms with Crippen LogP contribution in [0.1, 0.15) is 22.8 Å². The highest BCUT2D eigenvalue weighted by molar-refractivity contribution is 6.03. The quantitative estimate of drug-likeness (QED) is 0.943. The van der Waals surface area contributed by atoms with Gasteiger partial charge in [-0.3, -0.25) is 4.79 Å². The Kier molecular flexibility index (Phi) is 3.26. The van der Waals surface area contributed by atoms with Crippen LogP contribution in [0.4, 0.5) is 4.39 Å². The van der Waals surface area contributed by atoms with Gasteiger partial charge in [-0.2, -0.15) is 0 Å². The second kappa shape index (κ2) is 4.97. The SMILES string of the molecule is CC1(O)c2ccccc2C(=O)C1COc1ccccc1F. The van der Waals surface area contributed by atoms with E-state index in [4.69, 9.17) is 4.74 Å². The Morgan fingerprint density at radius 2 is 1.86 bits per heavy atom. The van der Waals surface area contributed by atoms with Crippen molar-refractivity contribution in [1.82, 2.24) is 0 Å². The van der Waals surface area contributed by atoms with E-state index in [9.17, 15) is 14.3 Å². The lowest BCUT2D eigenvalue weighted by Gasteiger charge is -2.25. The van der Waals surface area contributed by atoms with Crippen LogP contribution in [-0.4, -0.2) is 17.5 Å². The first-order valence-electron chi connectivity index (χ1n) is 6.75. The van der Waals surface area contributed by atoms with Crippen LogP contribution in [0, 0.1) is 11.7 Å². The molecular formula is C17H15FO3. The highest BCUT2D eigenvalue weighted by atomic mass is 19.1. The molecule has 3 nitrogen and oxygen atoms in total. The second-order valence-electron chi connectivity index (χ2n) is 5.35. The lowest BCUT2D eigenvalue weighted by atomic mass is 9.89. The molecule has 2 atom stereocenters. The van der Waals surface area contributed by atoms with Crippen LogP contribution in [0.15, 0.2) is 48.5 Å².